The van der Waals surface area contributed by atoms with E-state index in [0.29, 0.717) is 41.4 Å². The van der Waals surface area contributed by atoms with E-state index in [1.807, 2.05) is 44.2 Å². The molecule has 1 atom stereocenters. The van der Waals surface area contributed by atoms with Gasteiger partial charge in [0.05, 0.1) is 34.7 Å². The minimum atomic E-state index is -3.73. The number of allylic oxidation sites excluding steroid dienone is 1. The number of fused-ring (bicyclic) bond motifs is 1. The van der Waals surface area contributed by atoms with Crippen molar-refractivity contribution in [1.82, 2.24) is 0 Å². The Hall–Kier alpha value is -3.36. The maximum Gasteiger partial charge on any atom is 0.179 e. The Kier molecular flexibility index (Phi) is 6.26. The number of anilines is 2. The van der Waals surface area contributed by atoms with E-state index in [9.17, 15) is 13.5 Å². The highest BCUT2D eigenvalue weighted by Gasteiger charge is 2.43. The molecular weight excluding hydrogens is 479 g/mol. The van der Waals surface area contributed by atoms with Crippen molar-refractivity contribution >= 4 is 21.2 Å². The summed E-state index contributed by atoms with van der Waals surface area (Å²) in [6.07, 6.45) is 0.471. The smallest absolute Gasteiger partial charge is 0.179 e. The number of hydrogen-bond donors (Lipinski definition) is 3. The molecule has 3 aromatic rings. The molecule has 3 N–H and O–H groups in total. The van der Waals surface area contributed by atoms with E-state index < -0.39 is 27.1 Å². The Morgan fingerprint density at radius 2 is 1.86 bits per heavy atom. The summed E-state index contributed by atoms with van der Waals surface area (Å²) in [5, 5.41) is 16.5. The Balaban J connectivity index is 1.57. The molecule has 0 saturated carbocycles. The van der Waals surface area contributed by atoms with Crippen LogP contribution in [0.25, 0.3) is 0 Å². The highest BCUT2D eigenvalue weighted by atomic mass is 32.2. The number of nitrogens with one attached hydrogen (secondary N) is 2. The van der Waals surface area contributed by atoms with Gasteiger partial charge in [-0.15, -0.1) is 0 Å². The van der Waals surface area contributed by atoms with E-state index in [1.165, 1.54) is 6.07 Å². The van der Waals surface area contributed by atoms with E-state index in [2.05, 4.69) is 10.6 Å². The topological polar surface area (TPSA) is 87.7 Å². The fraction of sp³-hybridized carbons (Fsp3) is 0.286. The molecule has 5 rings (SSSR count). The van der Waals surface area contributed by atoms with Gasteiger partial charge in [-0.1, -0.05) is 56.3 Å². The van der Waals surface area contributed by atoms with Crippen molar-refractivity contribution in [2.45, 2.75) is 39.5 Å². The van der Waals surface area contributed by atoms with Gasteiger partial charge in [0.2, 0.25) is 0 Å². The zero-order valence-electron chi connectivity index (χ0n) is 20.2. The number of halogens is 1. The molecule has 0 radical (unpaired) electrons. The normalized spacial score (nSPS) is 19.8. The Morgan fingerprint density at radius 3 is 2.58 bits per heavy atom. The molecule has 0 bridgehead atoms. The highest BCUT2D eigenvalue weighted by molar-refractivity contribution is 7.95. The first-order valence-electron chi connectivity index (χ1n) is 11.9. The van der Waals surface area contributed by atoms with Crippen LogP contribution in [0.4, 0.5) is 15.8 Å². The van der Waals surface area contributed by atoms with E-state index in [0.717, 1.165) is 5.56 Å². The van der Waals surface area contributed by atoms with Crippen LogP contribution in [0.1, 0.15) is 43.0 Å². The first kappa shape index (κ1) is 24.3. The van der Waals surface area contributed by atoms with Crippen molar-refractivity contribution in [3.8, 4) is 5.75 Å². The second kappa shape index (κ2) is 9.26. The van der Waals surface area contributed by atoms with Gasteiger partial charge >= 0.3 is 0 Å². The molecule has 36 heavy (non-hydrogen) atoms. The number of aliphatic hydroxyl groups excluding tert-OH is 1. The Morgan fingerprint density at radius 1 is 1.08 bits per heavy atom. The van der Waals surface area contributed by atoms with Crippen LogP contribution in [-0.4, -0.2) is 19.3 Å². The van der Waals surface area contributed by atoms with Gasteiger partial charge in [0.25, 0.3) is 0 Å². The molecular formula is C28H29FN2O4S. The summed E-state index contributed by atoms with van der Waals surface area (Å²) < 4.78 is 48.5. The first-order valence-corrected chi connectivity index (χ1v) is 13.5. The van der Waals surface area contributed by atoms with Crippen molar-refractivity contribution in [2.24, 2.45) is 5.41 Å². The third-order valence-corrected chi connectivity index (χ3v) is 8.87. The van der Waals surface area contributed by atoms with Crippen LogP contribution >= 0.6 is 0 Å². The van der Waals surface area contributed by atoms with E-state index >= 15 is 4.39 Å². The van der Waals surface area contributed by atoms with Crippen molar-refractivity contribution in [3.63, 3.8) is 0 Å². The van der Waals surface area contributed by atoms with Crippen LogP contribution in [0.5, 0.6) is 5.75 Å². The molecule has 2 aliphatic heterocycles. The average Bonchev–Trinajstić information content (AvgIpc) is 2.99. The molecule has 0 saturated heterocycles. The maximum atomic E-state index is 15.6. The summed E-state index contributed by atoms with van der Waals surface area (Å²) in [5.41, 5.74) is 3.01. The monoisotopic (exact) mass is 508 g/mol. The predicted molar refractivity (Wildman–Crippen MR) is 139 cm³/mol. The van der Waals surface area contributed by atoms with Gasteiger partial charge in [0.1, 0.15) is 18.2 Å². The molecule has 0 aromatic heterocycles. The zero-order chi connectivity index (χ0) is 25.5. The van der Waals surface area contributed by atoms with Crippen LogP contribution in [0, 0.1) is 11.2 Å². The Labute approximate surface area is 210 Å². The molecule has 0 aliphatic carbocycles. The van der Waals surface area contributed by atoms with Crippen LogP contribution in [0.2, 0.25) is 0 Å². The van der Waals surface area contributed by atoms with E-state index in [1.54, 1.807) is 30.3 Å². The molecule has 3 aromatic carbocycles. The van der Waals surface area contributed by atoms with Gasteiger partial charge in [-0.3, -0.25) is 0 Å². The molecule has 188 valence electrons. The number of sulfone groups is 1. The van der Waals surface area contributed by atoms with Gasteiger partial charge in [0, 0.05) is 22.9 Å². The molecule has 2 heterocycles. The van der Waals surface area contributed by atoms with Gasteiger partial charge in [-0.05, 0) is 35.6 Å². The summed E-state index contributed by atoms with van der Waals surface area (Å²) in [5.74, 6) is -0.245. The zero-order valence-corrected chi connectivity index (χ0v) is 21.0. The van der Waals surface area contributed by atoms with E-state index in [-0.39, 0.29) is 22.8 Å². The Bertz CT molecular complexity index is 1440. The SMILES string of the molecule is CC1(C)CC2=C(C(c3ccc(OCc4ccccc4)cc3F)Nc3cccc(CO)c3N2)S(=O)(=O)C1. The van der Waals surface area contributed by atoms with Crippen molar-refractivity contribution in [3.05, 3.63) is 99.8 Å². The van der Waals surface area contributed by atoms with Crippen molar-refractivity contribution in [2.75, 3.05) is 16.4 Å². The van der Waals surface area contributed by atoms with Gasteiger partial charge in [0.15, 0.2) is 9.84 Å². The summed E-state index contributed by atoms with van der Waals surface area (Å²) in [4.78, 5) is 0.138. The number of aliphatic hydroxyl groups is 1. The van der Waals surface area contributed by atoms with Gasteiger partial charge in [-0.2, -0.15) is 0 Å². The number of ether oxygens (including phenoxy) is 1. The van der Waals surface area contributed by atoms with Gasteiger partial charge in [-0.25, -0.2) is 12.8 Å². The number of benzene rings is 3. The fourth-order valence-corrected chi connectivity index (χ4v) is 7.35. The summed E-state index contributed by atoms with van der Waals surface area (Å²) in [7, 11) is -3.73. The molecule has 6 nitrogen and oxygen atoms in total. The maximum absolute atomic E-state index is 15.6. The lowest BCUT2D eigenvalue weighted by Gasteiger charge is -2.34. The summed E-state index contributed by atoms with van der Waals surface area (Å²) in [6.45, 7) is 3.88. The second-order valence-electron chi connectivity index (χ2n) is 10.1. The predicted octanol–water partition coefficient (Wildman–Crippen LogP) is 5.53. The quantitative estimate of drug-likeness (QED) is 0.420. The number of rotatable bonds is 5. The fourth-order valence-electron chi connectivity index (χ4n) is 5.02. The second-order valence-corrected chi connectivity index (χ2v) is 12.1. The minimum absolute atomic E-state index is 0.0399. The van der Waals surface area contributed by atoms with Crippen LogP contribution in [-0.2, 0) is 23.1 Å². The average molecular weight is 509 g/mol. The summed E-state index contributed by atoms with van der Waals surface area (Å²) in [6, 6.07) is 18.5. The van der Waals surface area contributed by atoms with E-state index in [4.69, 9.17) is 4.74 Å². The largest absolute Gasteiger partial charge is 0.489 e. The van der Waals surface area contributed by atoms with Gasteiger partial charge < -0.3 is 20.5 Å². The molecule has 1 unspecified atom stereocenters. The van der Waals surface area contributed by atoms with Crippen molar-refractivity contribution in [1.29, 1.82) is 0 Å². The lowest BCUT2D eigenvalue weighted by molar-refractivity contribution is 0.282. The van der Waals surface area contributed by atoms with Crippen LogP contribution < -0.4 is 15.4 Å². The standard InChI is InChI=1S/C28H29FN2O4S/c1-28(2)14-24-27(36(33,34)17-28)26(30-23-10-6-9-19(15-32)25(23)31-24)21-12-11-20(13-22(21)29)35-16-18-7-4-3-5-8-18/h3-13,26,30-32H,14-17H2,1-2H3. The lowest BCUT2D eigenvalue weighted by Crippen LogP contribution is -2.35. The molecule has 0 spiro atoms. The minimum Gasteiger partial charge on any atom is -0.489 e. The van der Waals surface area contributed by atoms with Crippen LogP contribution in [0.15, 0.2) is 77.3 Å². The third kappa shape index (κ3) is 4.70. The highest BCUT2D eigenvalue weighted by Crippen LogP contribution is 2.47. The molecule has 0 fully saturated rings. The molecule has 8 heteroatoms. The lowest BCUT2D eigenvalue weighted by atomic mass is 9.88. The number of hydrogen-bond acceptors (Lipinski definition) is 6. The molecule has 2 aliphatic rings. The number of para-hydroxylation sites is 1. The first-order chi connectivity index (χ1) is 17.2. The van der Waals surface area contributed by atoms with Crippen molar-refractivity contribution < 1.29 is 22.7 Å². The third-order valence-electron chi connectivity index (χ3n) is 6.56. The molecule has 0 amide bonds. The van der Waals surface area contributed by atoms with Crippen LogP contribution in [0.3, 0.4) is 0 Å². The summed E-state index contributed by atoms with van der Waals surface area (Å²) >= 11 is 0.